The van der Waals surface area contributed by atoms with Crippen molar-refractivity contribution < 1.29 is 33.6 Å². The lowest BCUT2D eigenvalue weighted by molar-refractivity contribution is -0.384. The molecule has 1 saturated heterocycles. The van der Waals surface area contributed by atoms with Gasteiger partial charge in [-0.2, -0.15) is 0 Å². The number of nitrogens with zero attached hydrogens (tertiary/aromatic N) is 6. The summed E-state index contributed by atoms with van der Waals surface area (Å²) in [6.07, 6.45) is 1.80. The Morgan fingerprint density at radius 1 is 0.793 bits per heavy atom. The Labute approximate surface area is 332 Å². The van der Waals surface area contributed by atoms with Crippen molar-refractivity contribution in [3.8, 4) is 11.5 Å². The number of piperidine rings is 1. The van der Waals surface area contributed by atoms with Gasteiger partial charge in [0.15, 0.2) is 11.5 Å². The monoisotopic (exact) mass is 796 g/mol. The second-order valence-corrected chi connectivity index (χ2v) is 14.9. The number of pyridine rings is 2. The molecule has 17 nitrogen and oxygen atoms in total. The standard InChI is InChI=1S/C30H36N4O7.C11H8N2O4/c1-30(2,3)41-29(36)33(20-21-4-8-26-27(18-21)40-17-16-39-26)23-10-12-31(13-11-23)14-15-32-25-7-6-24(34(37)38)19-22(25)5-9-28(32)35;14-6-5-12-10-3-2-9(13(16)17)7-8(10)1-4-11(12)15/h4-9,18-19,23H,10-17,20H2,1-3H3;1-4,6-7H,5H2. The number of hydrogen-bond acceptors (Lipinski definition) is 12. The topological polar surface area (TPSA) is 199 Å². The van der Waals surface area contributed by atoms with Crippen LogP contribution in [0.15, 0.2) is 88.5 Å². The summed E-state index contributed by atoms with van der Waals surface area (Å²) in [6, 6.07) is 20.3. The molecule has 3 aromatic carbocycles. The molecule has 0 saturated carbocycles. The lowest BCUT2D eigenvalue weighted by Gasteiger charge is -2.39. The van der Waals surface area contributed by atoms with E-state index in [0.717, 1.165) is 31.5 Å². The Balaban J connectivity index is 0.000000278. The van der Waals surface area contributed by atoms with Gasteiger partial charge in [0.2, 0.25) is 0 Å². The van der Waals surface area contributed by atoms with Crippen molar-refractivity contribution in [2.45, 2.75) is 64.9 Å². The second kappa shape index (κ2) is 17.7. The third kappa shape index (κ3) is 9.84. The van der Waals surface area contributed by atoms with Gasteiger partial charge in [-0.25, -0.2) is 4.79 Å². The third-order valence-electron chi connectivity index (χ3n) is 9.85. The van der Waals surface area contributed by atoms with E-state index in [9.17, 15) is 39.4 Å². The van der Waals surface area contributed by atoms with Crippen LogP contribution in [0, 0.1) is 20.2 Å². The van der Waals surface area contributed by atoms with E-state index in [2.05, 4.69) is 4.90 Å². The summed E-state index contributed by atoms with van der Waals surface area (Å²) in [6.45, 7) is 9.58. The minimum Gasteiger partial charge on any atom is -0.486 e. The molecule has 58 heavy (non-hydrogen) atoms. The zero-order chi connectivity index (χ0) is 41.6. The summed E-state index contributed by atoms with van der Waals surface area (Å²) < 4.78 is 20.1. The molecule has 0 unspecified atom stereocenters. The largest absolute Gasteiger partial charge is 0.486 e. The molecule has 1 amide bonds. The second-order valence-electron chi connectivity index (χ2n) is 14.9. The van der Waals surface area contributed by atoms with Gasteiger partial charge in [-0.05, 0) is 75.6 Å². The number of aromatic nitrogens is 2. The maximum absolute atomic E-state index is 13.3. The molecule has 0 radical (unpaired) electrons. The lowest BCUT2D eigenvalue weighted by Crippen LogP contribution is -2.49. The Hall–Kier alpha value is -6.62. The van der Waals surface area contributed by atoms with E-state index >= 15 is 0 Å². The molecule has 0 aliphatic carbocycles. The lowest BCUT2D eigenvalue weighted by atomic mass is 10.0. The fourth-order valence-corrected chi connectivity index (χ4v) is 7.04. The summed E-state index contributed by atoms with van der Waals surface area (Å²) in [5.74, 6) is 1.40. The van der Waals surface area contributed by atoms with Gasteiger partial charge in [-0.3, -0.25) is 29.8 Å². The number of hydrogen-bond donors (Lipinski definition) is 0. The average molecular weight is 797 g/mol. The quantitative estimate of drug-likeness (QED) is 0.0952. The first-order valence-electron chi connectivity index (χ1n) is 18.8. The third-order valence-corrected chi connectivity index (χ3v) is 9.85. The van der Waals surface area contributed by atoms with Gasteiger partial charge in [-0.15, -0.1) is 0 Å². The van der Waals surface area contributed by atoms with Crippen LogP contribution < -0.4 is 20.6 Å². The van der Waals surface area contributed by atoms with Crippen molar-refractivity contribution in [3.05, 3.63) is 125 Å². The van der Waals surface area contributed by atoms with Gasteiger partial charge in [0.1, 0.15) is 25.1 Å². The number of benzene rings is 3. The number of amides is 1. The predicted molar refractivity (Wildman–Crippen MR) is 214 cm³/mol. The molecule has 2 aliphatic heterocycles. The number of ether oxygens (including phenoxy) is 3. The fourth-order valence-electron chi connectivity index (χ4n) is 7.04. The van der Waals surface area contributed by atoms with Crippen LogP contribution in [0.3, 0.4) is 0 Å². The molecule has 17 heteroatoms. The first-order valence-corrected chi connectivity index (χ1v) is 18.8. The number of carbonyl (C=O) groups excluding carboxylic acids is 2. The van der Waals surface area contributed by atoms with Crippen LogP contribution in [-0.2, 0) is 29.2 Å². The first-order chi connectivity index (χ1) is 27.7. The zero-order valence-electron chi connectivity index (χ0n) is 32.4. The van der Waals surface area contributed by atoms with Crippen LogP contribution in [0.5, 0.6) is 11.5 Å². The van der Waals surface area contributed by atoms with Crippen LogP contribution in [0.4, 0.5) is 16.2 Å². The number of rotatable bonds is 10. The SMILES string of the molecule is CC(C)(C)OC(=O)N(Cc1ccc2c(c1)OCCO2)C1CCN(CCn2c(=O)ccc3cc([N+](=O)[O-])ccc32)CC1.O=CCn1c(=O)ccc2cc([N+](=O)[O-])ccc21. The maximum Gasteiger partial charge on any atom is 0.410 e. The van der Waals surface area contributed by atoms with E-state index in [4.69, 9.17) is 14.2 Å². The van der Waals surface area contributed by atoms with Gasteiger partial charge in [-0.1, -0.05) is 6.07 Å². The Morgan fingerprint density at radius 3 is 1.93 bits per heavy atom. The number of carbonyl (C=O) groups is 2. The molecule has 0 spiro atoms. The summed E-state index contributed by atoms with van der Waals surface area (Å²) in [5, 5.41) is 23.0. The molecule has 0 N–H and O–H groups in total. The molecule has 4 heterocycles. The van der Waals surface area contributed by atoms with E-state index in [1.807, 2.05) is 43.9 Å². The molecule has 2 aromatic heterocycles. The zero-order valence-corrected chi connectivity index (χ0v) is 32.4. The summed E-state index contributed by atoms with van der Waals surface area (Å²) >= 11 is 0. The van der Waals surface area contributed by atoms with Crippen molar-refractivity contribution in [1.29, 1.82) is 0 Å². The number of fused-ring (bicyclic) bond motifs is 3. The Bertz CT molecular complexity index is 2470. The van der Waals surface area contributed by atoms with Crippen molar-refractivity contribution >= 4 is 45.6 Å². The number of nitro benzene ring substituents is 2. The highest BCUT2D eigenvalue weighted by Gasteiger charge is 2.32. The number of nitro groups is 2. The van der Waals surface area contributed by atoms with Gasteiger partial charge >= 0.3 is 6.09 Å². The minimum atomic E-state index is -0.616. The van der Waals surface area contributed by atoms with Crippen molar-refractivity contribution in [1.82, 2.24) is 18.9 Å². The van der Waals surface area contributed by atoms with Gasteiger partial charge in [0, 0.05) is 85.9 Å². The van der Waals surface area contributed by atoms with Crippen molar-refractivity contribution in [3.63, 3.8) is 0 Å². The predicted octanol–water partition coefficient (Wildman–Crippen LogP) is 5.69. The van der Waals surface area contributed by atoms with E-state index in [1.165, 1.54) is 53.1 Å². The molecule has 0 atom stereocenters. The molecular formula is C41H44N6O11. The summed E-state index contributed by atoms with van der Waals surface area (Å²) in [5.41, 5.74) is 1.01. The molecule has 5 aromatic rings. The molecule has 304 valence electrons. The Kier molecular flexibility index (Phi) is 12.5. The smallest absolute Gasteiger partial charge is 0.410 e. The maximum atomic E-state index is 13.3. The van der Waals surface area contributed by atoms with E-state index in [-0.39, 0.29) is 41.2 Å². The number of likely N-dealkylation sites (tertiary alicyclic amines) is 1. The highest BCUT2D eigenvalue weighted by Crippen LogP contribution is 2.32. The molecular weight excluding hydrogens is 752 g/mol. The summed E-state index contributed by atoms with van der Waals surface area (Å²) in [4.78, 5) is 72.9. The summed E-state index contributed by atoms with van der Waals surface area (Å²) in [7, 11) is 0. The fraction of sp³-hybridized carbons (Fsp3) is 0.366. The highest BCUT2D eigenvalue weighted by molar-refractivity contribution is 5.82. The van der Waals surface area contributed by atoms with Crippen LogP contribution in [-0.4, -0.2) is 85.7 Å². The van der Waals surface area contributed by atoms with Crippen LogP contribution in [0.1, 0.15) is 39.2 Å². The first kappa shape index (κ1) is 41.0. The van der Waals surface area contributed by atoms with Gasteiger partial charge in [0.05, 0.1) is 27.4 Å². The normalized spacial score (nSPS) is 14.3. The number of non-ortho nitro benzene ring substituents is 2. The highest BCUT2D eigenvalue weighted by atomic mass is 16.6. The minimum absolute atomic E-state index is 0.00411. The average Bonchev–Trinajstić information content (AvgIpc) is 3.20. The van der Waals surface area contributed by atoms with E-state index < -0.39 is 15.4 Å². The molecule has 7 rings (SSSR count). The van der Waals surface area contributed by atoms with E-state index in [0.29, 0.717) is 72.4 Å². The van der Waals surface area contributed by atoms with Crippen molar-refractivity contribution in [2.24, 2.45) is 0 Å². The molecule has 1 fully saturated rings. The molecule has 0 bridgehead atoms. The van der Waals surface area contributed by atoms with Crippen LogP contribution in [0.2, 0.25) is 0 Å². The van der Waals surface area contributed by atoms with Crippen LogP contribution in [0.25, 0.3) is 21.8 Å². The molecule has 2 aliphatic rings. The van der Waals surface area contributed by atoms with Crippen molar-refractivity contribution in [2.75, 3.05) is 32.8 Å². The number of aldehydes is 1. The van der Waals surface area contributed by atoms with Gasteiger partial charge < -0.3 is 37.9 Å². The van der Waals surface area contributed by atoms with E-state index in [1.54, 1.807) is 16.7 Å². The van der Waals surface area contributed by atoms with Crippen LogP contribution >= 0.6 is 0 Å². The Morgan fingerprint density at radius 2 is 1.36 bits per heavy atom. The van der Waals surface area contributed by atoms with Gasteiger partial charge in [0.25, 0.3) is 22.5 Å².